The molecule has 1 N–H and O–H groups in total. The van der Waals surface area contributed by atoms with Gasteiger partial charge in [-0.25, -0.2) is 0 Å². The van der Waals surface area contributed by atoms with E-state index in [0.29, 0.717) is 23.2 Å². The van der Waals surface area contributed by atoms with Crippen LogP contribution < -0.4 is 5.32 Å². The smallest absolute Gasteiger partial charge is 0.272 e. The van der Waals surface area contributed by atoms with Crippen molar-refractivity contribution in [3.8, 4) is 0 Å². The monoisotopic (exact) mass is 317 g/mol. The van der Waals surface area contributed by atoms with Crippen LogP contribution in [0.2, 0.25) is 0 Å². The van der Waals surface area contributed by atoms with E-state index in [1.54, 1.807) is 16.4 Å². The maximum atomic E-state index is 12.3. The number of aromatic nitrogens is 4. The molecule has 0 radical (unpaired) electrons. The number of benzene rings is 1. The highest BCUT2D eigenvalue weighted by Gasteiger charge is 2.16. The molecule has 1 aromatic carbocycles. The number of hydrogen-bond acceptors (Lipinski definition) is 6. The molecule has 2 heterocycles. The summed E-state index contributed by atoms with van der Waals surface area (Å²) in [5.41, 5.74) is 1.30. The van der Waals surface area contributed by atoms with Gasteiger partial charge in [-0.05, 0) is 12.3 Å². The Bertz CT molecular complexity index is 811. The number of nitrogens with zero attached hydrogens (tertiary/aromatic N) is 4. The summed E-state index contributed by atoms with van der Waals surface area (Å²) in [7, 11) is 1.81. The van der Waals surface area contributed by atoms with E-state index in [9.17, 15) is 4.79 Å². The van der Waals surface area contributed by atoms with Crippen molar-refractivity contribution in [2.45, 2.75) is 12.3 Å². The van der Waals surface area contributed by atoms with Crippen molar-refractivity contribution in [3.63, 3.8) is 0 Å². The van der Waals surface area contributed by atoms with E-state index in [2.05, 4.69) is 20.6 Å². The zero-order chi connectivity index (χ0) is 15.5. The van der Waals surface area contributed by atoms with Gasteiger partial charge in [0.2, 0.25) is 5.89 Å². The second-order valence-electron chi connectivity index (χ2n) is 4.71. The van der Waals surface area contributed by atoms with Crippen molar-refractivity contribution in [3.05, 3.63) is 41.7 Å². The lowest BCUT2D eigenvalue weighted by molar-refractivity contribution is 0.0942. The molecule has 0 spiro atoms. The predicted octanol–water partition coefficient (Wildman–Crippen LogP) is 1.75. The van der Waals surface area contributed by atoms with Crippen molar-refractivity contribution in [1.29, 1.82) is 0 Å². The van der Waals surface area contributed by atoms with Crippen molar-refractivity contribution >= 4 is 28.6 Å². The minimum absolute atomic E-state index is 0.186. The molecule has 0 fully saturated rings. The van der Waals surface area contributed by atoms with Gasteiger partial charge in [-0.15, -0.1) is 0 Å². The largest absolute Gasteiger partial charge is 0.342 e. The van der Waals surface area contributed by atoms with Crippen LogP contribution in [0.3, 0.4) is 0 Å². The van der Waals surface area contributed by atoms with Gasteiger partial charge in [0, 0.05) is 12.4 Å². The van der Waals surface area contributed by atoms with Crippen LogP contribution in [0.4, 0.5) is 0 Å². The molecule has 0 aliphatic carbocycles. The summed E-state index contributed by atoms with van der Waals surface area (Å²) in [6.45, 7) is 0.186. The van der Waals surface area contributed by atoms with Gasteiger partial charge < -0.3 is 9.84 Å². The molecule has 3 rings (SSSR count). The third kappa shape index (κ3) is 2.82. The van der Waals surface area contributed by atoms with Crippen LogP contribution in [0, 0.1) is 0 Å². The quantitative estimate of drug-likeness (QED) is 0.771. The van der Waals surface area contributed by atoms with Gasteiger partial charge in [0.1, 0.15) is 0 Å². The molecule has 7 nitrogen and oxygen atoms in total. The Kier molecular flexibility index (Phi) is 4.10. The van der Waals surface area contributed by atoms with Crippen LogP contribution in [0.1, 0.15) is 22.2 Å². The summed E-state index contributed by atoms with van der Waals surface area (Å²) >= 11 is 1.61. The van der Waals surface area contributed by atoms with Crippen LogP contribution >= 0.6 is 11.8 Å². The van der Waals surface area contributed by atoms with Crippen molar-refractivity contribution < 1.29 is 9.32 Å². The second-order valence-corrected chi connectivity index (χ2v) is 5.58. The predicted molar refractivity (Wildman–Crippen MR) is 83.4 cm³/mol. The Balaban J connectivity index is 1.73. The third-order valence-electron chi connectivity index (χ3n) is 3.16. The van der Waals surface area contributed by atoms with Crippen LogP contribution in [0.15, 0.2) is 28.8 Å². The Morgan fingerprint density at radius 3 is 3.05 bits per heavy atom. The Morgan fingerprint density at radius 1 is 1.41 bits per heavy atom. The van der Waals surface area contributed by atoms with E-state index >= 15 is 0 Å². The molecule has 0 aliphatic heterocycles. The Morgan fingerprint density at radius 2 is 2.23 bits per heavy atom. The Labute approximate surface area is 131 Å². The first kappa shape index (κ1) is 14.6. The number of hydrogen-bond donors (Lipinski definition) is 1. The maximum absolute atomic E-state index is 12.3. The number of aryl methyl sites for hydroxylation is 1. The molecular formula is C14H15N5O2S. The molecule has 0 aliphatic rings. The minimum atomic E-state index is -0.263. The SMILES string of the molecule is CSCc1noc(CNC(=O)c2nn(C)c3ccccc23)n1. The molecule has 1 amide bonds. The van der Waals surface area contributed by atoms with E-state index in [0.717, 1.165) is 10.9 Å². The van der Waals surface area contributed by atoms with Gasteiger partial charge in [0.15, 0.2) is 11.5 Å². The van der Waals surface area contributed by atoms with Gasteiger partial charge in [-0.3, -0.25) is 9.48 Å². The normalized spacial score (nSPS) is 11.0. The van der Waals surface area contributed by atoms with Gasteiger partial charge in [-0.2, -0.15) is 21.8 Å². The van der Waals surface area contributed by atoms with Gasteiger partial charge >= 0.3 is 0 Å². The molecular weight excluding hydrogens is 302 g/mol. The van der Waals surface area contributed by atoms with E-state index in [4.69, 9.17) is 4.52 Å². The summed E-state index contributed by atoms with van der Waals surface area (Å²) in [6, 6.07) is 7.59. The van der Waals surface area contributed by atoms with Crippen LogP contribution in [0.5, 0.6) is 0 Å². The summed E-state index contributed by atoms with van der Waals surface area (Å²) in [6.07, 6.45) is 1.96. The van der Waals surface area contributed by atoms with Crippen LogP contribution in [-0.4, -0.2) is 32.1 Å². The second kappa shape index (κ2) is 6.18. The first-order valence-electron chi connectivity index (χ1n) is 6.69. The molecule has 0 unspecified atom stereocenters. The zero-order valence-electron chi connectivity index (χ0n) is 12.2. The lowest BCUT2D eigenvalue weighted by Gasteiger charge is -1.99. The molecule has 0 atom stereocenters. The summed E-state index contributed by atoms with van der Waals surface area (Å²) in [4.78, 5) is 16.5. The number of para-hydroxylation sites is 1. The van der Waals surface area contributed by atoms with Crippen LogP contribution in [0.25, 0.3) is 10.9 Å². The van der Waals surface area contributed by atoms with Crippen molar-refractivity contribution in [2.75, 3.05) is 6.26 Å². The number of nitrogens with one attached hydrogen (secondary N) is 1. The van der Waals surface area contributed by atoms with E-state index < -0.39 is 0 Å². The van der Waals surface area contributed by atoms with Gasteiger partial charge in [-0.1, -0.05) is 23.4 Å². The molecule has 114 valence electrons. The van der Waals surface area contributed by atoms with E-state index in [-0.39, 0.29) is 12.5 Å². The standard InChI is InChI=1S/C14H15N5O2S/c1-19-10-6-4-3-5-9(10)13(17-19)14(20)15-7-12-16-11(8-22-2)18-21-12/h3-6H,7-8H2,1-2H3,(H,15,20). The number of carbonyl (C=O) groups is 1. The molecule has 0 saturated carbocycles. The number of rotatable bonds is 5. The first-order chi connectivity index (χ1) is 10.7. The molecule has 3 aromatic rings. The average molecular weight is 317 g/mol. The highest BCUT2D eigenvalue weighted by molar-refractivity contribution is 7.97. The summed E-state index contributed by atoms with van der Waals surface area (Å²) < 4.78 is 6.77. The van der Waals surface area contributed by atoms with Gasteiger partial charge in [0.05, 0.1) is 17.8 Å². The summed E-state index contributed by atoms with van der Waals surface area (Å²) in [5, 5.41) is 11.7. The van der Waals surface area contributed by atoms with Gasteiger partial charge in [0.25, 0.3) is 5.91 Å². The fourth-order valence-corrected chi connectivity index (χ4v) is 2.55. The highest BCUT2D eigenvalue weighted by atomic mass is 32.2. The first-order valence-corrected chi connectivity index (χ1v) is 8.08. The van der Waals surface area contributed by atoms with Crippen molar-refractivity contribution in [2.24, 2.45) is 7.05 Å². The topological polar surface area (TPSA) is 85.8 Å². The third-order valence-corrected chi connectivity index (χ3v) is 3.70. The number of fused-ring (bicyclic) bond motifs is 1. The lowest BCUT2D eigenvalue weighted by atomic mass is 10.2. The lowest BCUT2D eigenvalue weighted by Crippen LogP contribution is -2.23. The summed E-state index contributed by atoms with van der Waals surface area (Å²) in [5.74, 6) is 1.43. The molecule has 0 bridgehead atoms. The molecule has 2 aromatic heterocycles. The number of amides is 1. The fraction of sp³-hybridized carbons (Fsp3) is 0.286. The Hall–Kier alpha value is -2.35. The minimum Gasteiger partial charge on any atom is -0.342 e. The maximum Gasteiger partial charge on any atom is 0.272 e. The number of thioether (sulfide) groups is 1. The zero-order valence-corrected chi connectivity index (χ0v) is 13.1. The van der Waals surface area contributed by atoms with Crippen molar-refractivity contribution in [1.82, 2.24) is 25.2 Å². The van der Waals surface area contributed by atoms with E-state index in [1.807, 2.05) is 37.6 Å². The molecule has 22 heavy (non-hydrogen) atoms. The highest BCUT2D eigenvalue weighted by Crippen LogP contribution is 2.17. The average Bonchev–Trinajstić information content (AvgIpc) is 3.11. The number of carbonyl (C=O) groups excluding carboxylic acids is 1. The molecule has 0 saturated heterocycles. The van der Waals surface area contributed by atoms with Crippen LogP contribution in [-0.2, 0) is 19.3 Å². The molecule has 8 heteroatoms. The fourth-order valence-electron chi connectivity index (χ4n) is 2.17. The van der Waals surface area contributed by atoms with E-state index in [1.165, 1.54) is 0 Å².